The maximum absolute atomic E-state index is 5.71. The molecule has 0 saturated heterocycles. The van der Waals surface area contributed by atoms with Gasteiger partial charge >= 0.3 is 0 Å². The Kier molecular flexibility index (Phi) is 5.83. The van der Waals surface area contributed by atoms with Crippen LogP contribution in [-0.4, -0.2) is 6.54 Å². The predicted octanol–water partition coefficient (Wildman–Crippen LogP) is 3.75. The Bertz CT molecular complexity index is 426. The lowest BCUT2D eigenvalue weighted by atomic mass is 10.2. The van der Waals surface area contributed by atoms with Crippen molar-refractivity contribution in [2.45, 2.75) is 13.8 Å². The maximum Gasteiger partial charge on any atom is 0.130 e. The highest BCUT2D eigenvalue weighted by molar-refractivity contribution is 5.36. The quantitative estimate of drug-likeness (QED) is 0.851. The minimum Gasteiger partial charge on any atom is -0.457 e. The molecule has 0 radical (unpaired) electrons. The molecule has 0 unspecified atom stereocenters. The summed E-state index contributed by atoms with van der Waals surface area (Å²) in [6, 6.07) is 17.8. The van der Waals surface area contributed by atoms with Gasteiger partial charge in [-0.3, -0.25) is 0 Å². The van der Waals surface area contributed by atoms with Gasteiger partial charge in [0.15, 0.2) is 0 Å². The van der Waals surface area contributed by atoms with E-state index in [4.69, 9.17) is 10.5 Å². The molecule has 2 nitrogen and oxygen atoms in total. The van der Waals surface area contributed by atoms with Crippen LogP contribution < -0.4 is 10.5 Å². The van der Waals surface area contributed by atoms with Crippen molar-refractivity contribution in [3.63, 3.8) is 0 Å². The topological polar surface area (TPSA) is 35.2 Å². The van der Waals surface area contributed by atoms with Gasteiger partial charge in [0.25, 0.3) is 0 Å². The first-order valence-corrected chi connectivity index (χ1v) is 5.76. The summed E-state index contributed by atoms with van der Waals surface area (Å²) in [5.74, 6) is 1.79. The van der Waals surface area contributed by atoms with Crippen LogP contribution in [0.5, 0.6) is 11.5 Å². The predicted molar refractivity (Wildman–Crippen MR) is 72.4 cm³/mol. The fraction of sp³-hybridized carbons (Fsp3) is 0.200. The van der Waals surface area contributed by atoms with Gasteiger partial charge in [0.1, 0.15) is 11.5 Å². The Morgan fingerprint density at radius 2 is 1.47 bits per heavy atom. The van der Waals surface area contributed by atoms with Crippen molar-refractivity contribution in [3.05, 3.63) is 60.2 Å². The molecule has 0 heterocycles. The highest BCUT2D eigenvalue weighted by Gasteiger charge is 1.98. The second-order valence-corrected chi connectivity index (χ2v) is 3.59. The largest absolute Gasteiger partial charge is 0.457 e. The molecule has 0 spiro atoms. The van der Waals surface area contributed by atoms with Crippen LogP contribution in [0.25, 0.3) is 0 Å². The molecule has 2 N–H and O–H groups in total. The Labute approximate surface area is 103 Å². The highest BCUT2D eigenvalue weighted by atomic mass is 16.5. The number of ether oxygens (including phenoxy) is 1. The molecule has 0 amide bonds. The molecule has 2 aromatic rings. The third-order valence-corrected chi connectivity index (χ3v) is 2.06. The van der Waals surface area contributed by atoms with Crippen LogP contribution in [0.3, 0.4) is 0 Å². The van der Waals surface area contributed by atoms with E-state index in [1.807, 2.05) is 68.4 Å². The zero-order valence-corrected chi connectivity index (χ0v) is 10.4. The molecule has 2 rings (SSSR count). The van der Waals surface area contributed by atoms with E-state index >= 15 is 0 Å². The average molecular weight is 229 g/mol. The fourth-order valence-corrected chi connectivity index (χ4v) is 1.29. The molecule has 17 heavy (non-hydrogen) atoms. The highest BCUT2D eigenvalue weighted by Crippen LogP contribution is 2.23. The molecule has 0 saturated carbocycles. The number of hydrogen-bond donors (Lipinski definition) is 1. The van der Waals surface area contributed by atoms with Crippen LogP contribution in [0.2, 0.25) is 0 Å². The lowest BCUT2D eigenvalue weighted by molar-refractivity contribution is 0.479. The van der Waals surface area contributed by atoms with Crippen molar-refractivity contribution in [2.75, 3.05) is 6.54 Å². The van der Waals surface area contributed by atoms with E-state index in [0.29, 0.717) is 0 Å². The fourth-order valence-electron chi connectivity index (χ4n) is 1.29. The Hall–Kier alpha value is -1.80. The summed E-state index contributed by atoms with van der Waals surface area (Å²) < 4.78 is 5.71. The van der Waals surface area contributed by atoms with Gasteiger partial charge in [-0.2, -0.15) is 0 Å². The van der Waals surface area contributed by atoms with Crippen LogP contribution in [-0.2, 0) is 0 Å². The molecular weight excluding hydrogens is 210 g/mol. The van der Waals surface area contributed by atoms with E-state index in [0.717, 1.165) is 23.6 Å². The van der Waals surface area contributed by atoms with E-state index in [1.165, 1.54) is 0 Å². The molecule has 2 heteroatoms. The van der Waals surface area contributed by atoms with Gasteiger partial charge < -0.3 is 10.5 Å². The number of para-hydroxylation sites is 2. The first-order chi connectivity index (χ1) is 8.27. The third-order valence-electron chi connectivity index (χ3n) is 2.06. The molecule has 0 fully saturated rings. The van der Waals surface area contributed by atoms with Crippen molar-refractivity contribution in [1.29, 1.82) is 0 Å². The summed E-state index contributed by atoms with van der Waals surface area (Å²) in [7, 11) is 0. The third kappa shape index (κ3) is 4.70. The summed E-state index contributed by atoms with van der Waals surface area (Å²) in [6.45, 7) is 4.69. The zero-order chi connectivity index (χ0) is 12.5. The Morgan fingerprint density at radius 3 is 2.06 bits per heavy atom. The number of hydrogen-bond acceptors (Lipinski definition) is 2. The van der Waals surface area contributed by atoms with Gasteiger partial charge in [-0.1, -0.05) is 43.3 Å². The van der Waals surface area contributed by atoms with Crippen molar-refractivity contribution in [1.82, 2.24) is 0 Å². The lowest BCUT2D eigenvalue weighted by Crippen LogP contribution is -1.87. The van der Waals surface area contributed by atoms with Gasteiger partial charge in [0, 0.05) is 0 Å². The van der Waals surface area contributed by atoms with Gasteiger partial charge in [-0.25, -0.2) is 0 Å². The molecular formula is C15H19NO. The van der Waals surface area contributed by atoms with Crippen molar-refractivity contribution < 1.29 is 4.74 Å². The number of benzene rings is 2. The number of rotatable bonds is 2. The van der Waals surface area contributed by atoms with Gasteiger partial charge in [-0.05, 0) is 37.2 Å². The zero-order valence-electron chi connectivity index (χ0n) is 10.4. The van der Waals surface area contributed by atoms with Crippen molar-refractivity contribution >= 4 is 0 Å². The molecule has 0 atom stereocenters. The van der Waals surface area contributed by atoms with E-state index < -0.39 is 0 Å². The normalized spacial score (nSPS) is 9.12. The number of nitrogens with two attached hydrogens (primary N) is 1. The molecule has 90 valence electrons. The summed E-state index contributed by atoms with van der Waals surface area (Å²) in [6.07, 6.45) is 0. The van der Waals surface area contributed by atoms with Crippen LogP contribution in [0.1, 0.15) is 12.5 Å². The number of aryl methyl sites for hydroxylation is 1. The standard InChI is InChI=1S/C13H12O.C2H7N/c1-11-7-5-6-10-13(11)14-12-8-3-2-4-9-12;1-2-3/h2-10H,1H3;2-3H2,1H3. The molecule has 0 aliphatic carbocycles. The van der Waals surface area contributed by atoms with E-state index in [2.05, 4.69) is 0 Å². The summed E-state index contributed by atoms with van der Waals surface area (Å²) >= 11 is 0. The van der Waals surface area contributed by atoms with Crippen LogP contribution in [0, 0.1) is 6.92 Å². The van der Waals surface area contributed by atoms with Gasteiger partial charge in [0.05, 0.1) is 0 Å². The lowest BCUT2D eigenvalue weighted by Gasteiger charge is -2.07. The second kappa shape index (κ2) is 7.47. The summed E-state index contributed by atoms with van der Waals surface area (Å²) in [4.78, 5) is 0. The van der Waals surface area contributed by atoms with Crippen molar-refractivity contribution in [2.24, 2.45) is 5.73 Å². The summed E-state index contributed by atoms with van der Waals surface area (Å²) in [5, 5.41) is 0. The van der Waals surface area contributed by atoms with Gasteiger partial charge in [0.2, 0.25) is 0 Å². The van der Waals surface area contributed by atoms with Gasteiger partial charge in [-0.15, -0.1) is 0 Å². The van der Waals surface area contributed by atoms with Crippen LogP contribution in [0.4, 0.5) is 0 Å². The van der Waals surface area contributed by atoms with Crippen molar-refractivity contribution in [3.8, 4) is 11.5 Å². The molecule has 0 aliphatic rings. The second-order valence-electron chi connectivity index (χ2n) is 3.59. The smallest absolute Gasteiger partial charge is 0.130 e. The Morgan fingerprint density at radius 1 is 0.941 bits per heavy atom. The minimum absolute atomic E-state index is 0.750. The molecule has 0 bridgehead atoms. The Balaban J connectivity index is 0.000000437. The molecule has 0 aliphatic heterocycles. The van der Waals surface area contributed by atoms with E-state index in [1.54, 1.807) is 0 Å². The van der Waals surface area contributed by atoms with E-state index in [-0.39, 0.29) is 0 Å². The van der Waals surface area contributed by atoms with Crippen LogP contribution >= 0.6 is 0 Å². The van der Waals surface area contributed by atoms with E-state index in [9.17, 15) is 0 Å². The molecule has 2 aromatic carbocycles. The monoisotopic (exact) mass is 229 g/mol. The first kappa shape index (κ1) is 13.3. The van der Waals surface area contributed by atoms with Crippen LogP contribution in [0.15, 0.2) is 54.6 Å². The summed E-state index contributed by atoms with van der Waals surface area (Å²) in [5.41, 5.74) is 6.00. The SMILES string of the molecule is CCN.Cc1ccccc1Oc1ccccc1. The average Bonchev–Trinajstić information content (AvgIpc) is 2.35. The molecule has 0 aromatic heterocycles. The first-order valence-electron chi connectivity index (χ1n) is 5.76. The maximum atomic E-state index is 5.71. The minimum atomic E-state index is 0.750.